The van der Waals surface area contributed by atoms with Crippen molar-refractivity contribution >= 4 is 17.9 Å². The van der Waals surface area contributed by atoms with Crippen molar-refractivity contribution in [2.75, 3.05) is 0 Å². The molecule has 0 amide bonds. The van der Waals surface area contributed by atoms with E-state index in [1.807, 2.05) is 13.0 Å². The maximum Gasteiger partial charge on any atom is 0.334 e. The van der Waals surface area contributed by atoms with Gasteiger partial charge in [-0.05, 0) is 31.9 Å². The lowest BCUT2D eigenvalue weighted by atomic mass is 9.85. The van der Waals surface area contributed by atoms with Crippen LogP contribution in [0.25, 0.3) is 0 Å². The van der Waals surface area contributed by atoms with E-state index in [2.05, 4.69) is 6.58 Å². The highest BCUT2D eigenvalue weighted by Crippen LogP contribution is 2.39. The standard InChI is InChI=1S/C22H26O6/c1-12-8-16-10-15(22(25)26-16)11-18-19(13(2)20(23)27-18)17(9-12)28-21(24)14-6-4-3-5-7-14/h9-10,14,16-19H,2-8,11H2,1H3/b12-9+/t16-,17?,18?,19+/m1/s1. The Morgan fingerprint density at radius 2 is 1.82 bits per heavy atom. The zero-order valence-electron chi connectivity index (χ0n) is 16.1. The quantitative estimate of drug-likeness (QED) is 0.314. The third kappa shape index (κ3) is 3.64. The lowest BCUT2D eigenvalue weighted by Crippen LogP contribution is -2.35. The fourth-order valence-electron chi connectivity index (χ4n) is 4.68. The Bertz CT molecular complexity index is 770. The minimum absolute atomic E-state index is 0.0913. The number of hydrogen-bond acceptors (Lipinski definition) is 6. The minimum Gasteiger partial charge on any atom is -0.458 e. The number of esters is 3. The van der Waals surface area contributed by atoms with Crippen molar-refractivity contribution in [1.82, 2.24) is 0 Å². The summed E-state index contributed by atoms with van der Waals surface area (Å²) in [4.78, 5) is 37.2. The summed E-state index contributed by atoms with van der Waals surface area (Å²) in [5, 5.41) is 0. The zero-order valence-corrected chi connectivity index (χ0v) is 16.1. The smallest absolute Gasteiger partial charge is 0.334 e. The molecule has 0 aromatic rings. The Kier molecular flexibility index (Phi) is 5.13. The summed E-state index contributed by atoms with van der Waals surface area (Å²) in [6, 6.07) is 0. The Balaban J connectivity index is 1.63. The van der Waals surface area contributed by atoms with Gasteiger partial charge in [0.25, 0.3) is 0 Å². The lowest BCUT2D eigenvalue weighted by Gasteiger charge is -2.28. The summed E-state index contributed by atoms with van der Waals surface area (Å²) in [6.07, 6.45) is 7.81. The van der Waals surface area contributed by atoms with Gasteiger partial charge in [0.2, 0.25) is 0 Å². The number of carbonyl (C=O) groups excluding carboxylic acids is 3. The van der Waals surface area contributed by atoms with Gasteiger partial charge in [-0.2, -0.15) is 0 Å². The predicted octanol–water partition coefficient (Wildman–Crippen LogP) is 3.17. The van der Waals surface area contributed by atoms with Gasteiger partial charge >= 0.3 is 17.9 Å². The molecule has 2 heterocycles. The van der Waals surface area contributed by atoms with Crippen LogP contribution in [0.3, 0.4) is 0 Å². The number of hydrogen-bond donors (Lipinski definition) is 0. The highest BCUT2D eigenvalue weighted by molar-refractivity contribution is 5.93. The third-order valence-corrected chi connectivity index (χ3v) is 6.17. The van der Waals surface area contributed by atoms with Crippen molar-refractivity contribution < 1.29 is 28.6 Å². The SMILES string of the molecule is C=C1C(=O)OC2CC3=C[C@@H](C/C(C)=C/C(OC(=O)C4CCCCC4)[C@H]12)OC3=O. The molecule has 150 valence electrons. The molecule has 6 nitrogen and oxygen atoms in total. The zero-order chi connectivity index (χ0) is 19.8. The fraction of sp³-hybridized carbons (Fsp3) is 0.591. The molecule has 2 bridgehead atoms. The van der Waals surface area contributed by atoms with Crippen LogP contribution < -0.4 is 0 Å². The van der Waals surface area contributed by atoms with Gasteiger partial charge in [0.15, 0.2) is 0 Å². The van der Waals surface area contributed by atoms with Gasteiger partial charge in [-0.15, -0.1) is 0 Å². The van der Waals surface area contributed by atoms with Crippen molar-refractivity contribution in [2.24, 2.45) is 11.8 Å². The summed E-state index contributed by atoms with van der Waals surface area (Å²) < 4.78 is 16.8. The van der Waals surface area contributed by atoms with Crippen LogP contribution in [-0.2, 0) is 28.6 Å². The average Bonchev–Trinajstić information content (AvgIpc) is 3.13. The summed E-state index contributed by atoms with van der Waals surface area (Å²) >= 11 is 0. The van der Waals surface area contributed by atoms with Crippen molar-refractivity contribution in [3.05, 3.63) is 35.5 Å². The van der Waals surface area contributed by atoms with Crippen molar-refractivity contribution in [1.29, 1.82) is 0 Å². The molecule has 2 aliphatic carbocycles. The van der Waals surface area contributed by atoms with Crippen molar-refractivity contribution in [3.8, 4) is 0 Å². The maximum absolute atomic E-state index is 12.8. The largest absolute Gasteiger partial charge is 0.458 e. The van der Waals surface area contributed by atoms with Crippen LogP contribution in [-0.4, -0.2) is 36.2 Å². The molecular weight excluding hydrogens is 360 g/mol. The number of ether oxygens (including phenoxy) is 3. The van der Waals surface area contributed by atoms with E-state index in [4.69, 9.17) is 14.2 Å². The summed E-state index contributed by atoms with van der Waals surface area (Å²) in [5.41, 5.74) is 1.73. The van der Waals surface area contributed by atoms with Crippen LogP contribution in [0.1, 0.15) is 51.9 Å². The van der Waals surface area contributed by atoms with E-state index in [0.717, 1.165) is 37.7 Å². The molecule has 2 fully saturated rings. The molecule has 1 saturated heterocycles. The predicted molar refractivity (Wildman–Crippen MR) is 99.9 cm³/mol. The van der Waals surface area contributed by atoms with Crippen LogP contribution in [0.2, 0.25) is 0 Å². The van der Waals surface area contributed by atoms with Crippen LogP contribution >= 0.6 is 0 Å². The molecule has 4 atom stereocenters. The normalized spacial score (nSPS) is 35.2. The molecule has 4 aliphatic rings. The maximum atomic E-state index is 12.8. The highest BCUT2D eigenvalue weighted by Gasteiger charge is 2.47. The second-order valence-corrected chi connectivity index (χ2v) is 8.29. The van der Waals surface area contributed by atoms with Crippen LogP contribution in [0.5, 0.6) is 0 Å². The first-order valence-electron chi connectivity index (χ1n) is 10.1. The van der Waals surface area contributed by atoms with Gasteiger partial charge in [0.05, 0.1) is 11.8 Å². The van der Waals surface area contributed by atoms with Gasteiger partial charge in [-0.1, -0.05) is 31.4 Å². The van der Waals surface area contributed by atoms with Gasteiger partial charge < -0.3 is 14.2 Å². The first kappa shape index (κ1) is 19.0. The van der Waals surface area contributed by atoms with Crippen LogP contribution in [0, 0.1) is 11.8 Å². The minimum atomic E-state index is -0.633. The molecule has 4 rings (SSSR count). The third-order valence-electron chi connectivity index (χ3n) is 6.17. The van der Waals surface area contributed by atoms with E-state index in [1.165, 1.54) is 0 Å². The molecular formula is C22H26O6. The topological polar surface area (TPSA) is 78.9 Å². The molecule has 1 saturated carbocycles. The molecule has 0 aromatic carbocycles. The second-order valence-electron chi connectivity index (χ2n) is 8.29. The van der Waals surface area contributed by atoms with Gasteiger partial charge in [-0.3, -0.25) is 4.79 Å². The molecule has 28 heavy (non-hydrogen) atoms. The number of fused-ring (bicyclic) bond motifs is 2. The van der Waals surface area contributed by atoms with Gasteiger partial charge in [0, 0.05) is 24.0 Å². The Morgan fingerprint density at radius 3 is 2.57 bits per heavy atom. The van der Waals surface area contributed by atoms with Crippen molar-refractivity contribution in [3.63, 3.8) is 0 Å². The lowest BCUT2D eigenvalue weighted by molar-refractivity contribution is -0.156. The van der Waals surface area contributed by atoms with Crippen LogP contribution in [0.15, 0.2) is 35.5 Å². The molecule has 0 spiro atoms. The number of carbonyl (C=O) groups is 3. The molecule has 6 heteroatoms. The molecule has 0 N–H and O–H groups in total. The summed E-state index contributed by atoms with van der Waals surface area (Å²) in [5.74, 6) is -1.68. The molecule has 2 aliphatic heterocycles. The number of rotatable bonds is 2. The Morgan fingerprint density at radius 1 is 1.07 bits per heavy atom. The van der Waals surface area contributed by atoms with E-state index < -0.39 is 24.1 Å². The second kappa shape index (κ2) is 7.57. The first-order valence-corrected chi connectivity index (χ1v) is 10.1. The van der Waals surface area contributed by atoms with E-state index in [0.29, 0.717) is 17.6 Å². The summed E-state index contributed by atoms with van der Waals surface area (Å²) in [7, 11) is 0. The van der Waals surface area contributed by atoms with E-state index in [9.17, 15) is 14.4 Å². The molecule has 0 aromatic heterocycles. The fourth-order valence-corrected chi connectivity index (χ4v) is 4.68. The Hall–Kier alpha value is -2.37. The van der Waals surface area contributed by atoms with Gasteiger partial charge in [-0.25, -0.2) is 9.59 Å². The average molecular weight is 386 g/mol. The molecule has 0 radical (unpaired) electrons. The van der Waals surface area contributed by atoms with E-state index in [-0.39, 0.29) is 30.4 Å². The highest BCUT2D eigenvalue weighted by atomic mass is 16.6. The van der Waals surface area contributed by atoms with Crippen LogP contribution in [0.4, 0.5) is 0 Å². The van der Waals surface area contributed by atoms with E-state index >= 15 is 0 Å². The van der Waals surface area contributed by atoms with Gasteiger partial charge in [0.1, 0.15) is 18.3 Å². The van der Waals surface area contributed by atoms with Crippen molar-refractivity contribution in [2.45, 2.75) is 70.2 Å². The monoisotopic (exact) mass is 386 g/mol. The first-order chi connectivity index (χ1) is 13.4. The molecule has 2 unspecified atom stereocenters. The Labute approximate surface area is 164 Å². The van der Waals surface area contributed by atoms with E-state index in [1.54, 1.807) is 6.08 Å². The summed E-state index contributed by atoms with van der Waals surface area (Å²) in [6.45, 7) is 5.81.